The maximum absolute atomic E-state index is 12.1. The normalized spacial score (nSPS) is 21.2. The molecule has 1 atom stereocenters. The van der Waals surface area contributed by atoms with Crippen molar-refractivity contribution in [1.29, 1.82) is 0 Å². The molecule has 1 saturated heterocycles. The minimum absolute atomic E-state index is 0.0166. The first-order chi connectivity index (χ1) is 8.50. The molecule has 1 aromatic rings. The van der Waals surface area contributed by atoms with Crippen LogP contribution in [-0.4, -0.2) is 42.1 Å². The summed E-state index contributed by atoms with van der Waals surface area (Å²) in [5.74, 6) is -1.07. The molecule has 1 fully saturated rings. The molecule has 0 aliphatic carbocycles. The van der Waals surface area contributed by atoms with Crippen molar-refractivity contribution >= 4 is 27.3 Å². The van der Waals surface area contributed by atoms with E-state index in [-0.39, 0.29) is 5.75 Å². The van der Waals surface area contributed by atoms with Crippen molar-refractivity contribution in [1.82, 2.24) is 4.31 Å². The monoisotopic (exact) mass is 289 g/mol. The summed E-state index contributed by atoms with van der Waals surface area (Å²) < 4.78 is 25.4. The van der Waals surface area contributed by atoms with Gasteiger partial charge < -0.3 is 5.11 Å². The SMILES string of the molecule is O=C(O)C1CCCN1S(=O)(=O)CCc1cccs1. The molecule has 1 unspecified atom stereocenters. The number of aryl methyl sites for hydroxylation is 1. The number of aliphatic carboxylic acids is 1. The zero-order chi connectivity index (χ0) is 13.2. The fourth-order valence-electron chi connectivity index (χ4n) is 2.12. The molecule has 0 spiro atoms. The third kappa shape index (κ3) is 2.90. The second-order valence-corrected chi connectivity index (χ2v) is 7.33. The van der Waals surface area contributed by atoms with E-state index in [1.165, 1.54) is 11.3 Å². The van der Waals surface area contributed by atoms with Crippen LogP contribution in [0.2, 0.25) is 0 Å². The van der Waals surface area contributed by atoms with Gasteiger partial charge in [-0.05, 0) is 30.7 Å². The fraction of sp³-hybridized carbons (Fsp3) is 0.545. The molecule has 7 heteroatoms. The maximum atomic E-state index is 12.1. The van der Waals surface area contributed by atoms with Crippen LogP contribution in [0.1, 0.15) is 17.7 Å². The molecule has 0 aromatic carbocycles. The highest BCUT2D eigenvalue weighted by Crippen LogP contribution is 2.22. The Bertz CT molecular complexity index is 509. The van der Waals surface area contributed by atoms with E-state index in [2.05, 4.69) is 0 Å². The number of hydrogen-bond acceptors (Lipinski definition) is 4. The van der Waals surface area contributed by atoms with E-state index < -0.39 is 22.0 Å². The summed E-state index contributed by atoms with van der Waals surface area (Å²) in [6.07, 6.45) is 1.48. The molecule has 0 bridgehead atoms. The fourth-order valence-corrected chi connectivity index (χ4v) is 4.66. The van der Waals surface area contributed by atoms with Crippen molar-refractivity contribution in [2.75, 3.05) is 12.3 Å². The van der Waals surface area contributed by atoms with Crippen LogP contribution in [0.3, 0.4) is 0 Å². The van der Waals surface area contributed by atoms with Gasteiger partial charge in [-0.1, -0.05) is 6.07 Å². The number of thiophene rings is 1. The molecule has 1 N–H and O–H groups in total. The Morgan fingerprint density at radius 2 is 2.33 bits per heavy atom. The number of rotatable bonds is 5. The number of carboxylic acids is 1. The van der Waals surface area contributed by atoms with Gasteiger partial charge in [0.1, 0.15) is 6.04 Å². The highest BCUT2D eigenvalue weighted by atomic mass is 32.2. The summed E-state index contributed by atoms with van der Waals surface area (Å²) >= 11 is 1.51. The maximum Gasteiger partial charge on any atom is 0.322 e. The van der Waals surface area contributed by atoms with Gasteiger partial charge in [0.15, 0.2) is 0 Å². The first kappa shape index (κ1) is 13.5. The van der Waals surface area contributed by atoms with Gasteiger partial charge in [-0.3, -0.25) is 4.79 Å². The highest BCUT2D eigenvalue weighted by Gasteiger charge is 2.38. The summed E-state index contributed by atoms with van der Waals surface area (Å²) in [6, 6.07) is 2.89. The van der Waals surface area contributed by atoms with Gasteiger partial charge in [0, 0.05) is 11.4 Å². The average molecular weight is 289 g/mol. The Hall–Kier alpha value is -0.920. The van der Waals surface area contributed by atoms with Crippen molar-refractivity contribution in [3.05, 3.63) is 22.4 Å². The van der Waals surface area contributed by atoms with Crippen molar-refractivity contribution in [3.63, 3.8) is 0 Å². The number of sulfonamides is 1. The molecule has 0 radical (unpaired) electrons. The van der Waals surface area contributed by atoms with Crippen molar-refractivity contribution in [2.45, 2.75) is 25.3 Å². The van der Waals surface area contributed by atoms with Crippen molar-refractivity contribution in [3.8, 4) is 0 Å². The van der Waals surface area contributed by atoms with E-state index in [4.69, 9.17) is 5.11 Å². The molecule has 1 aromatic heterocycles. The zero-order valence-corrected chi connectivity index (χ0v) is 11.4. The number of carbonyl (C=O) groups is 1. The smallest absolute Gasteiger partial charge is 0.322 e. The Morgan fingerprint density at radius 1 is 1.56 bits per heavy atom. The molecule has 2 heterocycles. The van der Waals surface area contributed by atoms with Gasteiger partial charge in [0.2, 0.25) is 10.0 Å². The zero-order valence-electron chi connectivity index (χ0n) is 9.78. The van der Waals surface area contributed by atoms with Gasteiger partial charge in [-0.2, -0.15) is 4.31 Å². The summed E-state index contributed by atoms with van der Waals surface area (Å²) in [6.45, 7) is 0.323. The van der Waals surface area contributed by atoms with Crippen LogP contribution in [0.5, 0.6) is 0 Å². The first-order valence-electron chi connectivity index (χ1n) is 5.75. The molecule has 100 valence electrons. The van der Waals surface area contributed by atoms with E-state index in [1.807, 2.05) is 17.5 Å². The second-order valence-electron chi connectivity index (χ2n) is 4.25. The first-order valence-corrected chi connectivity index (χ1v) is 8.24. The van der Waals surface area contributed by atoms with Crippen LogP contribution in [0.25, 0.3) is 0 Å². The minimum Gasteiger partial charge on any atom is -0.480 e. The Balaban J connectivity index is 2.04. The number of carboxylic acid groups (broad SMARTS) is 1. The average Bonchev–Trinajstić information content (AvgIpc) is 2.98. The molecule has 2 rings (SSSR count). The Kier molecular flexibility index (Phi) is 4.04. The van der Waals surface area contributed by atoms with Crippen LogP contribution < -0.4 is 0 Å². The van der Waals surface area contributed by atoms with Crippen molar-refractivity contribution < 1.29 is 18.3 Å². The standard InChI is InChI=1S/C11H15NO4S2/c13-11(14)10-4-1-6-12(10)18(15,16)8-5-9-3-2-7-17-9/h2-3,7,10H,1,4-6,8H2,(H,13,14). The summed E-state index contributed by atoms with van der Waals surface area (Å²) in [5.41, 5.74) is 0. The van der Waals surface area contributed by atoms with E-state index in [1.54, 1.807) is 0 Å². The van der Waals surface area contributed by atoms with Crippen LogP contribution in [0, 0.1) is 0 Å². The van der Waals surface area contributed by atoms with Gasteiger partial charge in [0.25, 0.3) is 0 Å². The summed E-state index contributed by atoms with van der Waals surface area (Å²) in [4.78, 5) is 12.0. The van der Waals surface area contributed by atoms with Crippen LogP contribution in [0.4, 0.5) is 0 Å². The van der Waals surface area contributed by atoms with Gasteiger partial charge in [0.05, 0.1) is 5.75 Å². The van der Waals surface area contributed by atoms with Gasteiger partial charge in [-0.25, -0.2) is 8.42 Å². The van der Waals surface area contributed by atoms with E-state index >= 15 is 0 Å². The molecule has 1 aliphatic heterocycles. The molecule has 0 saturated carbocycles. The third-order valence-corrected chi connectivity index (χ3v) is 5.84. The summed E-state index contributed by atoms with van der Waals surface area (Å²) in [5, 5.41) is 10.9. The number of hydrogen-bond donors (Lipinski definition) is 1. The lowest BCUT2D eigenvalue weighted by Crippen LogP contribution is -2.41. The van der Waals surface area contributed by atoms with Gasteiger partial charge >= 0.3 is 5.97 Å². The van der Waals surface area contributed by atoms with E-state index in [0.717, 1.165) is 9.18 Å². The van der Waals surface area contributed by atoms with E-state index in [0.29, 0.717) is 25.8 Å². The lowest BCUT2D eigenvalue weighted by molar-refractivity contribution is -0.140. The molecule has 1 aliphatic rings. The Morgan fingerprint density at radius 3 is 2.94 bits per heavy atom. The quantitative estimate of drug-likeness (QED) is 0.883. The summed E-state index contributed by atoms with van der Waals surface area (Å²) in [7, 11) is -3.47. The van der Waals surface area contributed by atoms with Crippen molar-refractivity contribution in [2.24, 2.45) is 0 Å². The van der Waals surface area contributed by atoms with Crippen LogP contribution in [-0.2, 0) is 21.2 Å². The second kappa shape index (κ2) is 5.38. The van der Waals surface area contributed by atoms with Crippen LogP contribution in [0.15, 0.2) is 17.5 Å². The minimum atomic E-state index is -3.47. The molecular weight excluding hydrogens is 274 g/mol. The number of nitrogens with zero attached hydrogens (tertiary/aromatic N) is 1. The largest absolute Gasteiger partial charge is 0.480 e. The van der Waals surface area contributed by atoms with Crippen LogP contribution >= 0.6 is 11.3 Å². The molecule has 5 nitrogen and oxygen atoms in total. The third-order valence-electron chi connectivity index (χ3n) is 3.03. The predicted molar refractivity (Wildman–Crippen MR) is 69.2 cm³/mol. The lowest BCUT2D eigenvalue weighted by Gasteiger charge is -2.20. The predicted octanol–water partition coefficient (Wildman–Crippen LogP) is 1.17. The van der Waals surface area contributed by atoms with Gasteiger partial charge in [-0.15, -0.1) is 11.3 Å². The van der Waals surface area contributed by atoms with E-state index in [9.17, 15) is 13.2 Å². The lowest BCUT2D eigenvalue weighted by atomic mass is 10.2. The highest BCUT2D eigenvalue weighted by molar-refractivity contribution is 7.89. The molecular formula is C11H15NO4S2. The molecule has 18 heavy (non-hydrogen) atoms. The topological polar surface area (TPSA) is 74.7 Å². The molecule has 0 amide bonds. The Labute approximate surface area is 110 Å².